The lowest BCUT2D eigenvalue weighted by Gasteiger charge is -2.38. The minimum atomic E-state index is -0.210. The highest BCUT2D eigenvalue weighted by molar-refractivity contribution is 5.25. The third-order valence-electron chi connectivity index (χ3n) is 4.20. The van der Waals surface area contributed by atoms with Crippen LogP contribution in [0.3, 0.4) is 0 Å². The van der Waals surface area contributed by atoms with E-state index < -0.39 is 0 Å². The van der Waals surface area contributed by atoms with Crippen molar-refractivity contribution in [2.24, 2.45) is 17.1 Å². The first-order valence-corrected chi connectivity index (χ1v) is 7.49. The largest absolute Gasteiger partial charge is 0.373 e. The van der Waals surface area contributed by atoms with Gasteiger partial charge in [0.2, 0.25) is 0 Å². The number of hydrogen-bond donors (Lipinski definition) is 1. The molecule has 0 heterocycles. The number of ether oxygens (including phenoxy) is 1. The van der Waals surface area contributed by atoms with Gasteiger partial charge in [0.25, 0.3) is 0 Å². The monoisotopic (exact) mass is 279 g/mol. The number of benzene rings is 1. The molecule has 0 radical (unpaired) electrons. The Morgan fingerprint density at radius 3 is 2.65 bits per heavy atom. The topological polar surface area (TPSA) is 35.2 Å². The van der Waals surface area contributed by atoms with E-state index >= 15 is 0 Å². The van der Waals surface area contributed by atoms with Crippen molar-refractivity contribution in [1.29, 1.82) is 0 Å². The van der Waals surface area contributed by atoms with Crippen LogP contribution in [0, 0.1) is 17.2 Å². The molecule has 2 rings (SSSR count). The maximum absolute atomic E-state index is 14.1. The van der Waals surface area contributed by atoms with Crippen LogP contribution in [0.1, 0.15) is 51.2 Å². The molecule has 2 N–H and O–H groups in total. The molecule has 112 valence electrons. The van der Waals surface area contributed by atoms with Crippen LogP contribution in [-0.2, 0) is 17.9 Å². The summed E-state index contributed by atoms with van der Waals surface area (Å²) in [5, 5.41) is 0. The van der Waals surface area contributed by atoms with Crippen LogP contribution in [0.25, 0.3) is 0 Å². The van der Waals surface area contributed by atoms with E-state index in [-0.39, 0.29) is 18.5 Å². The van der Waals surface area contributed by atoms with E-state index in [9.17, 15) is 4.39 Å². The van der Waals surface area contributed by atoms with Gasteiger partial charge in [0.1, 0.15) is 5.82 Å². The molecule has 1 saturated carbocycles. The molecule has 1 aliphatic rings. The molecule has 2 atom stereocenters. The Bertz CT molecular complexity index is 458. The number of nitrogens with two attached hydrogens (primary N) is 1. The summed E-state index contributed by atoms with van der Waals surface area (Å²) < 4.78 is 20.1. The van der Waals surface area contributed by atoms with Gasteiger partial charge >= 0.3 is 0 Å². The maximum atomic E-state index is 14.1. The van der Waals surface area contributed by atoms with Crippen LogP contribution in [0.4, 0.5) is 4.39 Å². The van der Waals surface area contributed by atoms with Gasteiger partial charge in [0, 0.05) is 17.7 Å². The second-order valence-corrected chi connectivity index (χ2v) is 6.94. The fraction of sp³-hybridized carbons (Fsp3) is 0.647. The van der Waals surface area contributed by atoms with Gasteiger partial charge in [-0.1, -0.05) is 39.0 Å². The smallest absolute Gasteiger partial charge is 0.133 e. The minimum absolute atomic E-state index is 0.210. The first kappa shape index (κ1) is 15.5. The summed E-state index contributed by atoms with van der Waals surface area (Å²) in [7, 11) is 0. The van der Waals surface area contributed by atoms with Crippen LogP contribution < -0.4 is 5.73 Å². The Kier molecular flexibility index (Phi) is 4.82. The zero-order valence-electron chi connectivity index (χ0n) is 12.8. The average molecular weight is 279 g/mol. The summed E-state index contributed by atoms with van der Waals surface area (Å²) >= 11 is 0. The van der Waals surface area contributed by atoms with Crippen molar-refractivity contribution < 1.29 is 9.13 Å². The predicted octanol–water partition coefficient (Wildman–Crippen LogP) is 4.02. The van der Waals surface area contributed by atoms with Crippen molar-refractivity contribution in [3.63, 3.8) is 0 Å². The molecule has 2 nitrogen and oxygen atoms in total. The van der Waals surface area contributed by atoms with Crippen molar-refractivity contribution >= 4 is 0 Å². The molecule has 2 unspecified atom stereocenters. The van der Waals surface area contributed by atoms with Crippen LogP contribution in [0.5, 0.6) is 0 Å². The second kappa shape index (κ2) is 6.23. The molecule has 0 aromatic heterocycles. The van der Waals surface area contributed by atoms with E-state index in [1.807, 2.05) is 6.07 Å². The number of halogens is 1. The first-order valence-electron chi connectivity index (χ1n) is 7.49. The molecule has 20 heavy (non-hydrogen) atoms. The normalized spacial score (nSPS) is 25.6. The Morgan fingerprint density at radius 2 is 2.00 bits per heavy atom. The second-order valence-electron chi connectivity index (χ2n) is 6.94. The maximum Gasteiger partial charge on any atom is 0.133 e. The molecular formula is C17H26FNO. The van der Waals surface area contributed by atoms with E-state index in [0.29, 0.717) is 29.1 Å². The van der Waals surface area contributed by atoms with Crippen molar-refractivity contribution in [1.82, 2.24) is 0 Å². The van der Waals surface area contributed by atoms with E-state index in [0.717, 1.165) is 12.8 Å². The molecular weight excluding hydrogens is 253 g/mol. The fourth-order valence-corrected chi connectivity index (χ4v) is 3.50. The van der Waals surface area contributed by atoms with Crippen molar-refractivity contribution in [3.8, 4) is 0 Å². The molecule has 1 fully saturated rings. The van der Waals surface area contributed by atoms with Crippen molar-refractivity contribution in [2.45, 2.75) is 59.3 Å². The van der Waals surface area contributed by atoms with Gasteiger partial charge in [-0.3, -0.25) is 0 Å². The third kappa shape index (κ3) is 3.80. The van der Waals surface area contributed by atoms with Crippen molar-refractivity contribution in [3.05, 3.63) is 35.1 Å². The van der Waals surface area contributed by atoms with Crippen LogP contribution in [0.15, 0.2) is 18.2 Å². The van der Waals surface area contributed by atoms with E-state index in [1.54, 1.807) is 12.1 Å². The van der Waals surface area contributed by atoms with Crippen LogP contribution >= 0.6 is 0 Å². The Balaban J connectivity index is 1.98. The zero-order chi connectivity index (χ0) is 14.8. The quantitative estimate of drug-likeness (QED) is 0.903. The van der Waals surface area contributed by atoms with Gasteiger partial charge in [-0.05, 0) is 30.6 Å². The number of rotatable bonds is 4. The molecule has 1 aromatic carbocycles. The molecule has 0 saturated heterocycles. The molecule has 1 aromatic rings. The highest BCUT2D eigenvalue weighted by Crippen LogP contribution is 2.39. The predicted molar refractivity (Wildman–Crippen MR) is 79.7 cm³/mol. The highest BCUT2D eigenvalue weighted by Gasteiger charge is 2.32. The Hall–Kier alpha value is -0.930. The standard InChI is InChI=1S/C17H26FNO/c1-12-7-15(9-17(2,3)8-12)20-11-14-6-4-5-13(10-19)16(14)18/h4-6,12,15H,7-11,19H2,1-3H3. The van der Waals surface area contributed by atoms with Gasteiger partial charge in [-0.2, -0.15) is 0 Å². The third-order valence-corrected chi connectivity index (χ3v) is 4.20. The van der Waals surface area contributed by atoms with Crippen LogP contribution in [0.2, 0.25) is 0 Å². The van der Waals surface area contributed by atoms with Crippen LogP contribution in [-0.4, -0.2) is 6.10 Å². The van der Waals surface area contributed by atoms with E-state index in [2.05, 4.69) is 20.8 Å². The number of hydrogen-bond acceptors (Lipinski definition) is 2. The van der Waals surface area contributed by atoms with Gasteiger partial charge in [-0.15, -0.1) is 0 Å². The first-order chi connectivity index (χ1) is 9.41. The SMILES string of the molecule is CC1CC(OCc2cccc(CN)c2F)CC(C)(C)C1. The summed E-state index contributed by atoms with van der Waals surface area (Å²) in [4.78, 5) is 0. The average Bonchev–Trinajstić information content (AvgIpc) is 2.35. The molecule has 0 bridgehead atoms. The minimum Gasteiger partial charge on any atom is -0.373 e. The summed E-state index contributed by atoms with van der Waals surface area (Å²) in [5.41, 5.74) is 7.02. The summed E-state index contributed by atoms with van der Waals surface area (Å²) in [6.07, 6.45) is 3.59. The lowest BCUT2D eigenvalue weighted by atomic mass is 9.71. The lowest BCUT2D eigenvalue weighted by Crippen LogP contribution is -2.32. The summed E-state index contributed by atoms with van der Waals surface area (Å²) in [6, 6.07) is 5.36. The van der Waals surface area contributed by atoms with E-state index in [1.165, 1.54) is 6.42 Å². The van der Waals surface area contributed by atoms with E-state index in [4.69, 9.17) is 10.5 Å². The molecule has 0 aliphatic heterocycles. The van der Waals surface area contributed by atoms with Gasteiger partial charge in [-0.25, -0.2) is 4.39 Å². The molecule has 0 spiro atoms. The molecule has 0 amide bonds. The van der Waals surface area contributed by atoms with Gasteiger partial charge in [0.05, 0.1) is 12.7 Å². The Morgan fingerprint density at radius 1 is 1.30 bits per heavy atom. The van der Waals surface area contributed by atoms with Gasteiger partial charge in [0.15, 0.2) is 0 Å². The molecule has 1 aliphatic carbocycles. The highest BCUT2D eigenvalue weighted by atomic mass is 19.1. The fourth-order valence-electron chi connectivity index (χ4n) is 3.50. The van der Waals surface area contributed by atoms with Gasteiger partial charge < -0.3 is 10.5 Å². The summed E-state index contributed by atoms with van der Waals surface area (Å²) in [5.74, 6) is 0.460. The Labute approximate surface area is 121 Å². The summed E-state index contributed by atoms with van der Waals surface area (Å²) in [6.45, 7) is 7.41. The van der Waals surface area contributed by atoms with Crippen molar-refractivity contribution in [2.75, 3.05) is 0 Å². The molecule has 3 heteroatoms. The lowest BCUT2D eigenvalue weighted by molar-refractivity contribution is -0.0324. The zero-order valence-corrected chi connectivity index (χ0v) is 12.8.